The molecule has 1 amide bonds. The largest absolute Gasteiger partial charge is 0.480 e. The molecule has 1 saturated carbocycles. The summed E-state index contributed by atoms with van der Waals surface area (Å²) in [6.45, 7) is 5.03. The van der Waals surface area contributed by atoms with Crippen molar-refractivity contribution in [2.24, 2.45) is 0 Å². The molecule has 1 aromatic heterocycles. The Morgan fingerprint density at radius 1 is 1.25 bits per heavy atom. The van der Waals surface area contributed by atoms with Crippen LogP contribution in [0, 0.1) is 6.92 Å². The fourth-order valence-corrected chi connectivity index (χ4v) is 2.70. The molecule has 5 heteroatoms. The standard InChI is InChI=1S/C19H22N2O3/c1-11-5-8-15-13(9-11)14(10-16(20-15)12-6-7-12)17(22)21(4)19(2,3)18(23)24/h5,8-10,12H,6-7H2,1-4H3,(H,23,24). The first kappa shape index (κ1) is 16.4. The minimum atomic E-state index is -1.28. The molecule has 0 radical (unpaired) electrons. The molecule has 1 N–H and O–H groups in total. The van der Waals surface area contributed by atoms with E-state index in [0.29, 0.717) is 11.5 Å². The van der Waals surface area contributed by atoms with Crippen molar-refractivity contribution < 1.29 is 14.7 Å². The molecule has 0 unspecified atom stereocenters. The van der Waals surface area contributed by atoms with Crippen LogP contribution in [0.5, 0.6) is 0 Å². The van der Waals surface area contributed by atoms with Gasteiger partial charge in [-0.25, -0.2) is 4.79 Å². The van der Waals surface area contributed by atoms with Gasteiger partial charge in [-0.3, -0.25) is 9.78 Å². The van der Waals surface area contributed by atoms with Crippen LogP contribution in [0.1, 0.15) is 54.2 Å². The number of carboxylic acid groups (broad SMARTS) is 1. The number of aryl methyl sites for hydroxylation is 1. The van der Waals surface area contributed by atoms with E-state index in [1.54, 1.807) is 0 Å². The van der Waals surface area contributed by atoms with Gasteiger partial charge in [0, 0.05) is 24.0 Å². The molecule has 1 aliphatic carbocycles. The smallest absolute Gasteiger partial charge is 0.329 e. The number of nitrogens with zero attached hydrogens (tertiary/aromatic N) is 2. The van der Waals surface area contributed by atoms with Gasteiger partial charge in [0.2, 0.25) is 0 Å². The highest BCUT2D eigenvalue weighted by Crippen LogP contribution is 2.40. The van der Waals surface area contributed by atoms with Crippen LogP contribution in [0.3, 0.4) is 0 Å². The third-order valence-electron chi connectivity index (χ3n) is 4.88. The van der Waals surface area contributed by atoms with Crippen LogP contribution < -0.4 is 0 Å². The Morgan fingerprint density at radius 2 is 1.92 bits per heavy atom. The molecule has 1 heterocycles. The summed E-state index contributed by atoms with van der Waals surface area (Å²) < 4.78 is 0. The average Bonchev–Trinajstić information content (AvgIpc) is 3.37. The van der Waals surface area contributed by atoms with Gasteiger partial charge in [0.15, 0.2) is 0 Å². The molecule has 1 fully saturated rings. The minimum Gasteiger partial charge on any atom is -0.480 e. The van der Waals surface area contributed by atoms with Crippen molar-refractivity contribution in [2.75, 3.05) is 7.05 Å². The van der Waals surface area contributed by atoms with Crippen molar-refractivity contribution in [1.82, 2.24) is 9.88 Å². The number of pyridine rings is 1. The molecular formula is C19H22N2O3. The summed E-state index contributed by atoms with van der Waals surface area (Å²) in [5.74, 6) is -0.905. The Balaban J connectivity index is 2.14. The first-order valence-corrected chi connectivity index (χ1v) is 8.14. The lowest BCUT2D eigenvalue weighted by molar-refractivity contribution is -0.147. The Morgan fingerprint density at radius 3 is 2.50 bits per heavy atom. The second kappa shape index (κ2) is 5.58. The fourth-order valence-electron chi connectivity index (χ4n) is 2.70. The zero-order chi connectivity index (χ0) is 17.6. The molecule has 0 aliphatic heterocycles. The molecule has 1 aromatic carbocycles. The number of likely N-dealkylation sites (N-methyl/N-ethyl adjacent to an activating group) is 1. The highest BCUT2D eigenvalue weighted by molar-refractivity contribution is 6.07. The Kier molecular flexibility index (Phi) is 3.82. The van der Waals surface area contributed by atoms with Crippen LogP contribution in [0.15, 0.2) is 24.3 Å². The van der Waals surface area contributed by atoms with E-state index in [2.05, 4.69) is 0 Å². The van der Waals surface area contributed by atoms with Crippen molar-refractivity contribution in [1.29, 1.82) is 0 Å². The van der Waals surface area contributed by atoms with E-state index in [1.807, 2.05) is 31.2 Å². The van der Waals surface area contributed by atoms with Crippen LogP contribution in [-0.4, -0.2) is 39.5 Å². The predicted octanol–water partition coefficient (Wildman–Crippen LogP) is 3.36. The van der Waals surface area contributed by atoms with Crippen LogP contribution >= 0.6 is 0 Å². The summed E-state index contributed by atoms with van der Waals surface area (Å²) >= 11 is 0. The molecular weight excluding hydrogens is 304 g/mol. The highest BCUT2D eigenvalue weighted by atomic mass is 16.4. The molecule has 2 aromatic rings. The SMILES string of the molecule is Cc1ccc2nc(C3CC3)cc(C(=O)N(C)C(C)(C)C(=O)O)c2c1. The second-order valence-electron chi connectivity index (χ2n) is 7.12. The summed E-state index contributed by atoms with van der Waals surface area (Å²) in [4.78, 5) is 30.5. The maximum atomic E-state index is 13.1. The molecule has 3 rings (SSSR count). The van der Waals surface area contributed by atoms with Crippen molar-refractivity contribution in [3.8, 4) is 0 Å². The molecule has 0 bridgehead atoms. The quantitative estimate of drug-likeness (QED) is 0.935. The maximum absolute atomic E-state index is 13.1. The molecule has 0 atom stereocenters. The van der Waals surface area contributed by atoms with Crippen LogP contribution in [0.4, 0.5) is 0 Å². The number of fused-ring (bicyclic) bond motifs is 1. The van der Waals surface area contributed by atoms with E-state index in [-0.39, 0.29) is 5.91 Å². The van der Waals surface area contributed by atoms with Crippen molar-refractivity contribution in [2.45, 2.75) is 45.1 Å². The predicted molar refractivity (Wildman–Crippen MR) is 92.3 cm³/mol. The van der Waals surface area contributed by atoms with E-state index in [0.717, 1.165) is 35.0 Å². The first-order valence-electron chi connectivity index (χ1n) is 8.14. The number of aromatic nitrogens is 1. The van der Waals surface area contributed by atoms with Crippen molar-refractivity contribution >= 4 is 22.8 Å². The molecule has 1 aliphatic rings. The Bertz CT molecular complexity index is 838. The van der Waals surface area contributed by atoms with E-state index < -0.39 is 11.5 Å². The number of amides is 1. The molecule has 5 nitrogen and oxygen atoms in total. The summed E-state index contributed by atoms with van der Waals surface area (Å²) in [5, 5.41) is 10.2. The van der Waals surface area contributed by atoms with Gasteiger partial charge in [-0.15, -0.1) is 0 Å². The molecule has 24 heavy (non-hydrogen) atoms. The van der Waals surface area contributed by atoms with Gasteiger partial charge in [-0.2, -0.15) is 0 Å². The topological polar surface area (TPSA) is 70.5 Å². The van der Waals surface area contributed by atoms with Crippen molar-refractivity contribution in [3.05, 3.63) is 41.1 Å². The van der Waals surface area contributed by atoms with Gasteiger partial charge in [0.25, 0.3) is 5.91 Å². The summed E-state index contributed by atoms with van der Waals surface area (Å²) in [6.07, 6.45) is 2.18. The lowest BCUT2D eigenvalue weighted by Crippen LogP contribution is -2.50. The number of benzene rings is 1. The van der Waals surface area contributed by atoms with Crippen LogP contribution in [0.25, 0.3) is 10.9 Å². The van der Waals surface area contributed by atoms with Gasteiger partial charge in [0.1, 0.15) is 5.54 Å². The third kappa shape index (κ3) is 2.75. The van der Waals surface area contributed by atoms with Gasteiger partial charge in [0.05, 0.1) is 11.1 Å². The highest BCUT2D eigenvalue weighted by Gasteiger charge is 2.36. The number of hydrogen-bond acceptors (Lipinski definition) is 3. The van der Waals surface area contributed by atoms with Gasteiger partial charge >= 0.3 is 5.97 Å². The van der Waals surface area contributed by atoms with Gasteiger partial charge < -0.3 is 10.0 Å². The average molecular weight is 326 g/mol. The Hall–Kier alpha value is -2.43. The van der Waals surface area contributed by atoms with E-state index in [9.17, 15) is 14.7 Å². The zero-order valence-electron chi connectivity index (χ0n) is 14.5. The van der Waals surface area contributed by atoms with E-state index in [4.69, 9.17) is 4.98 Å². The van der Waals surface area contributed by atoms with Crippen molar-refractivity contribution in [3.63, 3.8) is 0 Å². The number of carboxylic acids is 1. The molecule has 0 saturated heterocycles. The van der Waals surface area contributed by atoms with E-state index in [1.165, 1.54) is 25.8 Å². The summed E-state index contributed by atoms with van der Waals surface area (Å²) in [7, 11) is 1.54. The number of hydrogen-bond donors (Lipinski definition) is 1. The Labute approximate surface area is 141 Å². The lowest BCUT2D eigenvalue weighted by Gasteiger charge is -2.32. The number of carbonyl (C=O) groups excluding carboxylic acids is 1. The zero-order valence-corrected chi connectivity index (χ0v) is 14.5. The number of aliphatic carboxylic acids is 1. The second-order valence-corrected chi connectivity index (χ2v) is 7.12. The van der Waals surface area contributed by atoms with Crippen LogP contribution in [-0.2, 0) is 4.79 Å². The minimum absolute atomic E-state index is 0.290. The first-order chi connectivity index (χ1) is 11.2. The monoisotopic (exact) mass is 326 g/mol. The third-order valence-corrected chi connectivity index (χ3v) is 4.88. The molecule has 126 valence electrons. The number of rotatable bonds is 4. The van der Waals surface area contributed by atoms with Gasteiger partial charge in [-0.1, -0.05) is 11.6 Å². The van der Waals surface area contributed by atoms with Crippen LogP contribution in [0.2, 0.25) is 0 Å². The normalized spacial score (nSPS) is 14.7. The fraction of sp³-hybridized carbons (Fsp3) is 0.421. The lowest BCUT2D eigenvalue weighted by atomic mass is 9.99. The van der Waals surface area contributed by atoms with E-state index >= 15 is 0 Å². The van der Waals surface area contributed by atoms with Gasteiger partial charge in [-0.05, 0) is 51.8 Å². The maximum Gasteiger partial charge on any atom is 0.329 e. The number of carbonyl (C=O) groups is 2. The molecule has 0 spiro atoms. The summed E-state index contributed by atoms with van der Waals surface area (Å²) in [6, 6.07) is 7.69. The summed E-state index contributed by atoms with van der Waals surface area (Å²) in [5.41, 5.74) is 2.00.